The van der Waals surface area contributed by atoms with Gasteiger partial charge < -0.3 is 0 Å². The van der Waals surface area contributed by atoms with Crippen LogP contribution in [0, 0.1) is 0 Å². The van der Waals surface area contributed by atoms with Crippen LogP contribution < -0.4 is 0 Å². The highest BCUT2D eigenvalue weighted by atomic mass is 33.1. The molecular formula is C12H19NS2. The van der Waals surface area contributed by atoms with E-state index in [2.05, 4.69) is 18.0 Å². The molecule has 0 fully saturated rings. The molecule has 0 bridgehead atoms. The lowest BCUT2D eigenvalue weighted by Crippen LogP contribution is -1.80. The van der Waals surface area contributed by atoms with Crippen LogP contribution in [0.2, 0.25) is 0 Å². The smallest absolute Gasteiger partial charge is 0.106 e. The van der Waals surface area contributed by atoms with E-state index in [9.17, 15) is 0 Å². The van der Waals surface area contributed by atoms with E-state index in [1.54, 1.807) is 10.8 Å². The van der Waals surface area contributed by atoms with Gasteiger partial charge in [-0.25, -0.2) is 4.98 Å². The summed E-state index contributed by atoms with van der Waals surface area (Å²) < 4.78 is 0. The van der Waals surface area contributed by atoms with E-state index in [0.29, 0.717) is 0 Å². The molecule has 1 heterocycles. The number of hydrogen-bond donors (Lipinski definition) is 0. The SMILES string of the molecule is CCCCCCCSSc1ccccn1. The Morgan fingerprint density at radius 1 is 1.13 bits per heavy atom. The summed E-state index contributed by atoms with van der Waals surface area (Å²) >= 11 is 0. The molecule has 0 N–H and O–H groups in total. The molecule has 0 saturated heterocycles. The average Bonchev–Trinajstić information content (AvgIpc) is 2.29. The molecule has 0 amide bonds. The van der Waals surface area contributed by atoms with Crippen molar-refractivity contribution in [2.24, 2.45) is 0 Å². The lowest BCUT2D eigenvalue weighted by molar-refractivity contribution is 0.660. The van der Waals surface area contributed by atoms with Crippen molar-refractivity contribution in [2.45, 2.75) is 44.1 Å². The third-order valence-corrected chi connectivity index (χ3v) is 4.46. The van der Waals surface area contributed by atoms with Crippen LogP contribution in [0.1, 0.15) is 39.0 Å². The maximum atomic E-state index is 4.27. The maximum absolute atomic E-state index is 4.27. The minimum Gasteiger partial charge on any atom is -0.249 e. The molecule has 0 atom stereocenters. The van der Waals surface area contributed by atoms with Crippen molar-refractivity contribution in [3.63, 3.8) is 0 Å². The number of rotatable bonds is 8. The van der Waals surface area contributed by atoms with Gasteiger partial charge in [-0.3, -0.25) is 0 Å². The molecule has 0 aliphatic carbocycles. The highest BCUT2D eigenvalue weighted by Gasteiger charge is 1.94. The second-order valence-electron chi connectivity index (χ2n) is 3.49. The molecule has 1 aromatic rings. The fourth-order valence-corrected chi connectivity index (χ4v) is 3.29. The first kappa shape index (κ1) is 12.9. The minimum absolute atomic E-state index is 1.12. The van der Waals surface area contributed by atoms with Crippen LogP contribution in [0.4, 0.5) is 0 Å². The second-order valence-corrected chi connectivity index (χ2v) is 5.92. The van der Waals surface area contributed by atoms with Crippen LogP contribution in [-0.4, -0.2) is 10.7 Å². The summed E-state index contributed by atoms with van der Waals surface area (Å²) in [5.41, 5.74) is 0. The van der Waals surface area contributed by atoms with Crippen molar-refractivity contribution < 1.29 is 0 Å². The lowest BCUT2D eigenvalue weighted by Gasteiger charge is -2.00. The fraction of sp³-hybridized carbons (Fsp3) is 0.583. The Kier molecular flexibility index (Phi) is 7.84. The Bertz CT molecular complexity index is 239. The standard InChI is InChI=1S/C12H19NS2/c1-2-3-4-5-8-11-14-15-12-9-6-7-10-13-12/h6-7,9-10H,2-5,8,11H2,1H3. The molecule has 84 valence electrons. The van der Waals surface area contributed by atoms with Crippen LogP contribution in [0.3, 0.4) is 0 Å². The number of unbranched alkanes of at least 4 members (excludes halogenated alkanes) is 4. The molecule has 0 aliphatic rings. The van der Waals surface area contributed by atoms with E-state index in [1.807, 2.05) is 29.1 Å². The second kappa shape index (κ2) is 9.10. The molecule has 1 nitrogen and oxygen atoms in total. The van der Waals surface area contributed by atoms with Gasteiger partial charge in [0.15, 0.2) is 0 Å². The lowest BCUT2D eigenvalue weighted by atomic mass is 10.2. The summed E-state index contributed by atoms with van der Waals surface area (Å²) in [7, 11) is 3.71. The molecule has 0 unspecified atom stereocenters. The first-order valence-corrected chi connectivity index (χ1v) is 7.96. The zero-order valence-electron chi connectivity index (χ0n) is 9.32. The van der Waals surface area contributed by atoms with Crippen LogP contribution in [0.15, 0.2) is 29.4 Å². The van der Waals surface area contributed by atoms with Crippen molar-refractivity contribution in [1.29, 1.82) is 0 Å². The number of pyridine rings is 1. The zero-order chi connectivity index (χ0) is 10.8. The number of nitrogens with zero attached hydrogens (tertiary/aromatic N) is 1. The summed E-state index contributed by atoms with van der Waals surface area (Å²) in [5.74, 6) is 1.24. The summed E-state index contributed by atoms with van der Waals surface area (Å²) in [6.07, 6.45) is 8.68. The van der Waals surface area contributed by atoms with Gasteiger partial charge in [0, 0.05) is 11.9 Å². The van der Waals surface area contributed by atoms with Crippen molar-refractivity contribution in [2.75, 3.05) is 5.75 Å². The van der Waals surface area contributed by atoms with Gasteiger partial charge in [-0.1, -0.05) is 49.5 Å². The van der Waals surface area contributed by atoms with Crippen LogP contribution in [0.5, 0.6) is 0 Å². The predicted molar refractivity (Wildman–Crippen MR) is 71.3 cm³/mol. The maximum Gasteiger partial charge on any atom is 0.106 e. The first-order valence-electron chi connectivity index (χ1n) is 5.64. The largest absolute Gasteiger partial charge is 0.249 e. The zero-order valence-corrected chi connectivity index (χ0v) is 10.9. The summed E-state index contributed by atoms with van der Waals surface area (Å²) in [5, 5.41) is 1.12. The van der Waals surface area contributed by atoms with Crippen LogP contribution in [0.25, 0.3) is 0 Å². The highest BCUT2D eigenvalue weighted by Crippen LogP contribution is 2.29. The number of hydrogen-bond acceptors (Lipinski definition) is 3. The van der Waals surface area contributed by atoms with Crippen molar-refractivity contribution >= 4 is 21.6 Å². The van der Waals surface area contributed by atoms with Gasteiger partial charge >= 0.3 is 0 Å². The topological polar surface area (TPSA) is 12.9 Å². The molecular weight excluding hydrogens is 222 g/mol. The summed E-state index contributed by atoms with van der Waals surface area (Å²) in [4.78, 5) is 4.27. The molecule has 3 heteroatoms. The van der Waals surface area contributed by atoms with Gasteiger partial charge in [0.05, 0.1) is 0 Å². The molecule has 0 saturated carbocycles. The quantitative estimate of drug-likeness (QED) is 0.479. The van der Waals surface area contributed by atoms with Crippen LogP contribution in [-0.2, 0) is 0 Å². The minimum atomic E-state index is 1.12. The van der Waals surface area contributed by atoms with Crippen molar-refractivity contribution in [1.82, 2.24) is 4.98 Å². The predicted octanol–water partition coefficient (Wildman–Crippen LogP) is 4.79. The Morgan fingerprint density at radius 2 is 2.00 bits per heavy atom. The normalized spacial score (nSPS) is 10.5. The van der Waals surface area contributed by atoms with Gasteiger partial charge in [-0.15, -0.1) is 0 Å². The Hall–Kier alpha value is -0.150. The third kappa shape index (κ3) is 6.85. The number of aromatic nitrogens is 1. The monoisotopic (exact) mass is 241 g/mol. The van der Waals surface area contributed by atoms with Gasteiger partial charge in [0.2, 0.25) is 0 Å². The summed E-state index contributed by atoms with van der Waals surface area (Å²) in [6.45, 7) is 2.26. The Balaban J connectivity index is 1.93. The molecule has 1 rings (SSSR count). The van der Waals surface area contributed by atoms with E-state index >= 15 is 0 Å². The Morgan fingerprint density at radius 3 is 2.73 bits per heavy atom. The third-order valence-electron chi connectivity index (χ3n) is 2.11. The van der Waals surface area contributed by atoms with E-state index in [-0.39, 0.29) is 0 Å². The van der Waals surface area contributed by atoms with E-state index < -0.39 is 0 Å². The highest BCUT2D eigenvalue weighted by molar-refractivity contribution is 8.76. The molecule has 0 aliphatic heterocycles. The molecule has 0 aromatic carbocycles. The molecule has 0 radical (unpaired) electrons. The van der Waals surface area contributed by atoms with E-state index in [1.165, 1.54) is 37.9 Å². The van der Waals surface area contributed by atoms with E-state index in [4.69, 9.17) is 0 Å². The Labute approximate surface area is 101 Å². The van der Waals surface area contributed by atoms with Crippen LogP contribution >= 0.6 is 21.6 Å². The average molecular weight is 241 g/mol. The van der Waals surface area contributed by atoms with Gasteiger partial charge in [-0.05, 0) is 29.3 Å². The van der Waals surface area contributed by atoms with Gasteiger partial charge in [0.1, 0.15) is 5.03 Å². The molecule has 0 spiro atoms. The van der Waals surface area contributed by atoms with E-state index in [0.717, 1.165) is 5.03 Å². The van der Waals surface area contributed by atoms with Gasteiger partial charge in [0.25, 0.3) is 0 Å². The van der Waals surface area contributed by atoms with Gasteiger partial charge in [-0.2, -0.15) is 0 Å². The summed E-state index contributed by atoms with van der Waals surface area (Å²) in [6, 6.07) is 6.06. The molecule has 15 heavy (non-hydrogen) atoms. The van der Waals surface area contributed by atoms with Crippen molar-refractivity contribution in [3.8, 4) is 0 Å². The van der Waals surface area contributed by atoms with Crippen molar-refractivity contribution in [3.05, 3.63) is 24.4 Å². The fourth-order valence-electron chi connectivity index (χ4n) is 1.26. The molecule has 1 aromatic heterocycles. The first-order chi connectivity index (χ1) is 7.43.